The van der Waals surface area contributed by atoms with Crippen LogP contribution in [0.15, 0.2) is 43.0 Å². The van der Waals surface area contributed by atoms with Crippen molar-refractivity contribution < 1.29 is 9.53 Å². The summed E-state index contributed by atoms with van der Waals surface area (Å²) in [4.78, 5) is 21.5. The molecule has 156 valence electrons. The van der Waals surface area contributed by atoms with E-state index in [0.29, 0.717) is 25.6 Å². The molecule has 1 aliphatic heterocycles. The molecule has 0 unspecified atom stereocenters. The molecular weight excluding hydrogens is 394 g/mol. The van der Waals surface area contributed by atoms with Gasteiger partial charge in [-0.15, -0.1) is 5.10 Å². The van der Waals surface area contributed by atoms with Crippen molar-refractivity contribution in [3.05, 3.63) is 71.2 Å². The van der Waals surface area contributed by atoms with E-state index in [0.717, 1.165) is 34.8 Å². The molecule has 0 aromatic carbocycles. The summed E-state index contributed by atoms with van der Waals surface area (Å²) in [5, 5.41) is 10.9. The van der Waals surface area contributed by atoms with Crippen LogP contribution in [0.3, 0.4) is 0 Å². The molecule has 0 saturated heterocycles. The van der Waals surface area contributed by atoms with Crippen LogP contribution in [0.25, 0.3) is 5.65 Å². The molecule has 1 fully saturated rings. The highest BCUT2D eigenvalue weighted by atomic mass is 16.5. The van der Waals surface area contributed by atoms with Crippen LogP contribution in [0.1, 0.15) is 51.8 Å². The summed E-state index contributed by atoms with van der Waals surface area (Å²) in [6.07, 6.45) is 11.0. The second-order valence-electron chi connectivity index (χ2n) is 8.10. The lowest BCUT2D eigenvalue weighted by molar-refractivity contribution is 0.0945. The lowest BCUT2D eigenvalue weighted by atomic mass is 10.2. The number of imidazole rings is 1. The molecule has 4 aromatic rings. The first kappa shape index (κ1) is 18.1. The molecule has 1 aliphatic carbocycles. The van der Waals surface area contributed by atoms with Crippen molar-refractivity contribution in [2.24, 2.45) is 0 Å². The van der Waals surface area contributed by atoms with Gasteiger partial charge in [0.2, 0.25) is 0 Å². The summed E-state index contributed by atoms with van der Waals surface area (Å²) in [6, 6.07) is 6.08. The second-order valence-corrected chi connectivity index (χ2v) is 8.10. The van der Waals surface area contributed by atoms with E-state index >= 15 is 0 Å². The van der Waals surface area contributed by atoms with Crippen molar-refractivity contribution in [2.45, 2.75) is 38.3 Å². The van der Waals surface area contributed by atoms with Gasteiger partial charge in [-0.05, 0) is 30.4 Å². The van der Waals surface area contributed by atoms with Crippen LogP contribution >= 0.6 is 0 Å². The number of hydrogen-bond donors (Lipinski definition) is 1. The van der Waals surface area contributed by atoms with Crippen LogP contribution in [0, 0.1) is 0 Å². The minimum atomic E-state index is -0.293. The maximum Gasteiger partial charge on any atom is 0.273 e. The molecule has 4 aromatic heterocycles. The SMILES string of the molecule is O=C(NCc1cc2c(cn1)CCO2)c1cn(Cc2cn3cc(C4CC4)ccc3n2)nn1. The summed E-state index contributed by atoms with van der Waals surface area (Å²) < 4.78 is 9.23. The van der Waals surface area contributed by atoms with Gasteiger partial charge < -0.3 is 14.5 Å². The van der Waals surface area contributed by atoms with Gasteiger partial charge in [0.25, 0.3) is 5.91 Å². The molecule has 2 aliphatic rings. The molecule has 0 spiro atoms. The highest BCUT2D eigenvalue weighted by Gasteiger charge is 2.23. The Morgan fingerprint density at radius 1 is 1.19 bits per heavy atom. The quantitative estimate of drug-likeness (QED) is 0.518. The third-order valence-corrected chi connectivity index (χ3v) is 5.73. The smallest absolute Gasteiger partial charge is 0.273 e. The molecule has 0 radical (unpaired) electrons. The van der Waals surface area contributed by atoms with E-state index in [1.54, 1.807) is 10.9 Å². The zero-order chi connectivity index (χ0) is 20.8. The monoisotopic (exact) mass is 415 g/mol. The maximum atomic E-state index is 12.5. The van der Waals surface area contributed by atoms with E-state index in [-0.39, 0.29) is 11.6 Å². The Labute approximate surface area is 178 Å². The Bertz CT molecular complexity index is 1290. The molecule has 6 rings (SSSR count). The number of pyridine rings is 2. The van der Waals surface area contributed by atoms with E-state index in [2.05, 4.69) is 48.3 Å². The molecule has 0 bridgehead atoms. The van der Waals surface area contributed by atoms with Crippen LogP contribution in [0.5, 0.6) is 5.75 Å². The fourth-order valence-corrected chi connectivity index (χ4v) is 3.90. The average molecular weight is 415 g/mol. The van der Waals surface area contributed by atoms with Gasteiger partial charge in [-0.3, -0.25) is 9.78 Å². The summed E-state index contributed by atoms with van der Waals surface area (Å²) in [5.74, 6) is 1.26. The predicted molar refractivity (Wildman–Crippen MR) is 111 cm³/mol. The Hall–Kier alpha value is -3.75. The third kappa shape index (κ3) is 3.63. The normalized spacial score (nSPS) is 15.1. The van der Waals surface area contributed by atoms with Crippen molar-refractivity contribution in [1.82, 2.24) is 34.7 Å². The number of rotatable bonds is 6. The fraction of sp³-hybridized carbons (Fsp3) is 0.318. The highest BCUT2D eigenvalue weighted by molar-refractivity contribution is 5.91. The van der Waals surface area contributed by atoms with E-state index in [1.165, 1.54) is 18.4 Å². The van der Waals surface area contributed by atoms with Crippen LogP contribution < -0.4 is 10.1 Å². The lowest BCUT2D eigenvalue weighted by Gasteiger charge is -2.04. The lowest BCUT2D eigenvalue weighted by Crippen LogP contribution is -2.23. The fourth-order valence-electron chi connectivity index (χ4n) is 3.90. The van der Waals surface area contributed by atoms with Gasteiger partial charge in [-0.2, -0.15) is 0 Å². The number of carbonyl (C=O) groups is 1. The second kappa shape index (κ2) is 7.19. The van der Waals surface area contributed by atoms with Gasteiger partial charge in [-0.1, -0.05) is 11.3 Å². The molecule has 5 heterocycles. The minimum absolute atomic E-state index is 0.261. The Kier molecular flexibility index (Phi) is 4.19. The Morgan fingerprint density at radius 3 is 3.03 bits per heavy atom. The van der Waals surface area contributed by atoms with Crippen LogP contribution in [0.2, 0.25) is 0 Å². The molecule has 9 nitrogen and oxygen atoms in total. The molecule has 9 heteroatoms. The van der Waals surface area contributed by atoms with Gasteiger partial charge in [0, 0.05) is 36.6 Å². The summed E-state index contributed by atoms with van der Waals surface area (Å²) >= 11 is 0. The first-order chi connectivity index (χ1) is 15.2. The molecule has 31 heavy (non-hydrogen) atoms. The molecule has 0 atom stereocenters. The van der Waals surface area contributed by atoms with Crippen molar-refractivity contribution in [3.8, 4) is 5.75 Å². The standard InChI is InChI=1S/C22H21N7O2/c30-22(24-9-17-7-20-15(8-23-17)5-6-31-20)19-13-29(27-26-19)12-18-11-28-10-16(14-1-2-14)3-4-21(28)25-18/h3-4,7-8,10-11,13-14H,1-2,5-6,9,12H2,(H,24,30). The predicted octanol–water partition coefficient (Wildman–Crippen LogP) is 2.11. The summed E-state index contributed by atoms with van der Waals surface area (Å²) in [5.41, 5.74) is 5.25. The molecule has 1 saturated carbocycles. The van der Waals surface area contributed by atoms with Gasteiger partial charge in [0.1, 0.15) is 11.4 Å². The Balaban J connectivity index is 1.11. The molecule has 1 amide bonds. The largest absolute Gasteiger partial charge is 0.493 e. The number of ether oxygens (including phenoxy) is 1. The molecular formula is C22H21N7O2. The number of nitrogens with zero attached hydrogens (tertiary/aromatic N) is 6. The van der Waals surface area contributed by atoms with Crippen molar-refractivity contribution in [3.63, 3.8) is 0 Å². The van der Waals surface area contributed by atoms with Gasteiger partial charge in [0.15, 0.2) is 5.69 Å². The number of nitrogens with one attached hydrogen (secondary N) is 1. The first-order valence-electron chi connectivity index (χ1n) is 10.5. The average Bonchev–Trinajstić information content (AvgIpc) is 3.17. The van der Waals surface area contributed by atoms with Gasteiger partial charge in [-0.25, -0.2) is 9.67 Å². The van der Waals surface area contributed by atoms with E-state index in [1.807, 2.05) is 18.5 Å². The van der Waals surface area contributed by atoms with Gasteiger partial charge in [0.05, 0.1) is 37.3 Å². The van der Waals surface area contributed by atoms with Crippen molar-refractivity contribution in [1.29, 1.82) is 0 Å². The Morgan fingerprint density at radius 2 is 2.13 bits per heavy atom. The first-order valence-corrected chi connectivity index (χ1v) is 10.5. The number of carbonyl (C=O) groups excluding carboxylic acids is 1. The number of hydrogen-bond acceptors (Lipinski definition) is 6. The number of fused-ring (bicyclic) bond motifs is 2. The maximum absolute atomic E-state index is 12.5. The minimum Gasteiger partial charge on any atom is -0.493 e. The van der Waals surface area contributed by atoms with Crippen molar-refractivity contribution >= 4 is 11.6 Å². The van der Waals surface area contributed by atoms with Crippen molar-refractivity contribution in [2.75, 3.05) is 6.61 Å². The molecule has 1 N–H and O–H groups in total. The van der Waals surface area contributed by atoms with Crippen LogP contribution in [-0.4, -0.2) is 41.9 Å². The van der Waals surface area contributed by atoms with E-state index in [9.17, 15) is 4.79 Å². The zero-order valence-electron chi connectivity index (χ0n) is 16.9. The third-order valence-electron chi connectivity index (χ3n) is 5.73. The van der Waals surface area contributed by atoms with Crippen LogP contribution in [-0.2, 0) is 19.5 Å². The number of aromatic nitrogens is 6. The topological polar surface area (TPSA) is 99.2 Å². The summed E-state index contributed by atoms with van der Waals surface area (Å²) in [7, 11) is 0. The van der Waals surface area contributed by atoms with Crippen LogP contribution in [0.4, 0.5) is 0 Å². The van der Waals surface area contributed by atoms with Gasteiger partial charge >= 0.3 is 0 Å². The number of amides is 1. The summed E-state index contributed by atoms with van der Waals surface area (Å²) in [6.45, 7) is 1.44. The van der Waals surface area contributed by atoms with E-state index < -0.39 is 0 Å². The zero-order valence-corrected chi connectivity index (χ0v) is 16.9. The highest BCUT2D eigenvalue weighted by Crippen LogP contribution is 2.39. The van der Waals surface area contributed by atoms with E-state index in [4.69, 9.17) is 4.74 Å².